The van der Waals surface area contributed by atoms with Crippen LogP contribution in [0.15, 0.2) is 48.8 Å². The molecule has 3 heterocycles. The Hall–Kier alpha value is -2.83. The first-order valence-electron chi connectivity index (χ1n) is 8.64. The van der Waals surface area contributed by atoms with Crippen LogP contribution in [-0.4, -0.2) is 22.5 Å². The molecule has 0 aliphatic carbocycles. The number of carbonyl (C=O) groups is 1. The summed E-state index contributed by atoms with van der Waals surface area (Å²) in [5, 5.41) is 3.84. The maximum atomic E-state index is 12.7. The molecular formula is C20H16Cl2N4O2. The summed E-state index contributed by atoms with van der Waals surface area (Å²) in [6, 6.07) is 10.3. The van der Waals surface area contributed by atoms with Crippen LogP contribution < -0.4 is 15.0 Å². The Balaban J connectivity index is 1.45. The van der Waals surface area contributed by atoms with Gasteiger partial charge >= 0.3 is 6.03 Å². The van der Waals surface area contributed by atoms with E-state index in [9.17, 15) is 4.79 Å². The van der Waals surface area contributed by atoms with Gasteiger partial charge in [-0.1, -0.05) is 23.2 Å². The Morgan fingerprint density at radius 1 is 1.18 bits per heavy atom. The van der Waals surface area contributed by atoms with Crippen LogP contribution in [0.25, 0.3) is 0 Å². The summed E-state index contributed by atoms with van der Waals surface area (Å²) in [5.74, 6) is 1.05. The van der Waals surface area contributed by atoms with Crippen LogP contribution in [-0.2, 0) is 6.42 Å². The van der Waals surface area contributed by atoms with Gasteiger partial charge in [-0.05, 0) is 49.2 Å². The fourth-order valence-corrected chi connectivity index (χ4v) is 3.46. The van der Waals surface area contributed by atoms with Gasteiger partial charge in [-0.15, -0.1) is 0 Å². The second-order valence-electron chi connectivity index (χ2n) is 6.26. The van der Waals surface area contributed by atoms with Gasteiger partial charge in [0, 0.05) is 18.8 Å². The third kappa shape index (κ3) is 3.61. The molecular weight excluding hydrogens is 399 g/mol. The zero-order chi connectivity index (χ0) is 19.7. The van der Waals surface area contributed by atoms with Crippen LogP contribution in [0, 0.1) is 6.92 Å². The zero-order valence-electron chi connectivity index (χ0n) is 14.9. The van der Waals surface area contributed by atoms with E-state index in [1.54, 1.807) is 41.6 Å². The van der Waals surface area contributed by atoms with Crippen LogP contribution in [0.1, 0.15) is 11.3 Å². The van der Waals surface area contributed by atoms with Crippen molar-refractivity contribution in [3.8, 4) is 11.6 Å². The minimum absolute atomic E-state index is 0.254. The molecule has 4 rings (SSSR count). The number of nitrogens with one attached hydrogen (secondary N) is 1. The average Bonchev–Trinajstić information content (AvgIpc) is 3.13. The number of benzene rings is 1. The minimum atomic E-state index is -0.254. The summed E-state index contributed by atoms with van der Waals surface area (Å²) in [5.41, 5.74) is 2.99. The van der Waals surface area contributed by atoms with E-state index in [-0.39, 0.29) is 6.03 Å². The van der Waals surface area contributed by atoms with Gasteiger partial charge in [0.05, 0.1) is 33.3 Å². The summed E-state index contributed by atoms with van der Waals surface area (Å²) in [6.07, 6.45) is 3.91. The van der Waals surface area contributed by atoms with E-state index >= 15 is 0 Å². The molecule has 0 atom stereocenters. The Labute approximate surface area is 172 Å². The lowest BCUT2D eigenvalue weighted by Gasteiger charge is -2.18. The summed E-state index contributed by atoms with van der Waals surface area (Å²) in [4.78, 5) is 22.7. The monoisotopic (exact) mass is 414 g/mol. The fraction of sp³-hybridized carbons (Fsp3) is 0.150. The molecule has 0 spiro atoms. The summed E-state index contributed by atoms with van der Waals surface area (Å²) >= 11 is 12.3. The predicted molar refractivity (Wildman–Crippen MR) is 110 cm³/mol. The first kappa shape index (κ1) is 18.5. The van der Waals surface area contributed by atoms with E-state index in [1.807, 2.05) is 19.1 Å². The molecule has 0 bridgehead atoms. The van der Waals surface area contributed by atoms with Crippen molar-refractivity contribution < 1.29 is 9.53 Å². The van der Waals surface area contributed by atoms with Crippen molar-refractivity contribution in [2.24, 2.45) is 0 Å². The van der Waals surface area contributed by atoms with Crippen LogP contribution in [0.2, 0.25) is 10.0 Å². The van der Waals surface area contributed by atoms with E-state index in [1.165, 1.54) is 0 Å². The number of rotatable bonds is 3. The fourth-order valence-electron chi connectivity index (χ4n) is 3.02. The molecule has 0 saturated carbocycles. The summed E-state index contributed by atoms with van der Waals surface area (Å²) < 4.78 is 5.72. The normalized spacial score (nSPS) is 12.6. The highest BCUT2D eigenvalue weighted by atomic mass is 35.5. The second kappa shape index (κ2) is 7.66. The molecule has 1 N–H and O–H groups in total. The average molecular weight is 415 g/mol. The SMILES string of the molecule is Cc1ncccc1Oc1ccc(NC(=O)N2CCc3c2ccc(Cl)c3Cl)cn1. The van der Waals surface area contributed by atoms with Gasteiger partial charge in [-0.3, -0.25) is 9.88 Å². The van der Waals surface area contributed by atoms with E-state index < -0.39 is 0 Å². The van der Waals surface area contributed by atoms with Crippen molar-refractivity contribution in [3.63, 3.8) is 0 Å². The van der Waals surface area contributed by atoms with Crippen LogP contribution in [0.5, 0.6) is 11.6 Å². The number of fused-ring (bicyclic) bond motifs is 1. The molecule has 1 aromatic carbocycles. The minimum Gasteiger partial charge on any atom is -0.437 e. The Morgan fingerprint density at radius 3 is 2.79 bits per heavy atom. The quantitative estimate of drug-likeness (QED) is 0.615. The van der Waals surface area contributed by atoms with Gasteiger partial charge in [-0.2, -0.15) is 0 Å². The van der Waals surface area contributed by atoms with E-state index in [2.05, 4.69) is 15.3 Å². The molecule has 0 fully saturated rings. The van der Waals surface area contributed by atoms with Gasteiger partial charge < -0.3 is 10.1 Å². The topological polar surface area (TPSA) is 67.3 Å². The number of anilines is 2. The third-order valence-corrected chi connectivity index (χ3v) is 5.30. The highest BCUT2D eigenvalue weighted by molar-refractivity contribution is 6.43. The molecule has 0 unspecified atom stereocenters. The standard InChI is InChI=1S/C20H16Cl2N4O2/c1-12-17(3-2-9-23-12)28-18-7-4-13(11-24-18)25-20(27)26-10-8-14-16(26)6-5-15(21)19(14)22/h2-7,9,11H,8,10H2,1H3,(H,25,27). The van der Waals surface area contributed by atoms with Gasteiger partial charge in [-0.25, -0.2) is 9.78 Å². The maximum Gasteiger partial charge on any atom is 0.326 e. The van der Waals surface area contributed by atoms with Gasteiger partial charge in [0.15, 0.2) is 5.75 Å². The number of halogens is 2. The first-order chi connectivity index (χ1) is 13.5. The van der Waals surface area contributed by atoms with Crippen molar-refractivity contribution in [2.75, 3.05) is 16.8 Å². The number of urea groups is 1. The lowest BCUT2D eigenvalue weighted by atomic mass is 10.2. The number of carbonyl (C=O) groups excluding carboxylic acids is 1. The molecule has 0 radical (unpaired) electrons. The number of aromatic nitrogens is 2. The molecule has 6 nitrogen and oxygen atoms in total. The summed E-state index contributed by atoms with van der Waals surface area (Å²) in [6.45, 7) is 2.40. The highest BCUT2D eigenvalue weighted by Crippen LogP contribution is 2.38. The molecule has 2 amide bonds. The van der Waals surface area contributed by atoms with Crippen LogP contribution in [0.4, 0.5) is 16.2 Å². The Bertz CT molecular complexity index is 1040. The van der Waals surface area contributed by atoms with Gasteiger partial charge in [0.2, 0.25) is 5.88 Å². The molecule has 8 heteroatoms. The van der Waals surface area contributed by atoms with Gasteiger partial charge in [0.25, 0.3) is 0 Å². The number of amides is 2. The maximum absolute atomic E-state index is 12.7. The van der Waals surface area contributed by atoms with Crippen molar-refractivity contribution in [1.82, 2.24) is 9.97 Å². The van der Waals surface area contributed by atoms with Crippen molar-refractivity contribution in [3.05, 3.63) is 70.1 Å². The number of hydrogen-bond acceptors (Lipinski definition) is 4. The van der Waals surface area contributed by atoms with E-state index in [0.717, 1.165) is 16.9 Å². The third-order valence-electron chi connectivity index (χ3n) is 4.45. The number of nitrogens with zero attached hydrogens (tertiary/aromatic N) is 3. The van der Waals surface area contributed by atoms with E-state index in [4.69, 9.17) is 27.9 Å². The molecule has 3 aromatic rings. The van der Waals surface area contributed by atoms with Crippen molar-refractivity contribution in [1.29, 1.82) is 0 Å². The van der Waals surface area contributed by atoms with Crippen molar-refractivity contribution >= 4 is 40.6 Å². The lowest BCUT2D eigenvalue weighted by Crippen LogP contribution is -2.33. The molecule has 142 valence electrons. The zero-order valence-corrected chi connectivity index (χ0v) is 16.5. The number of aryl methyl sites for hydroxylation is 1. The van der Waals surface area contributed by atoms with Crippen LogP contribution in [0.3, 0.4) is 0 Å². The number of hydrogen-bond donors (Lipinski definition) is 1. The van der Waals surface area contributed by atoms with Crippen molar-refractivity contribution in [2.45, 2.75) is 13.3 Å². The Morgan fingerprint density at radius 2 is 2.04 bits per heavy atom. The molecule has 1 aliphatic heterocycles. The first-order valence-corrected chi connectivity index (χ1v) is 9.39. The number of ether oxygens (including phenoxy) is 1. The van der Waals surface area contributed by atoms with Gasteiger partial charge in [0.1, 0.15) is 0 Å². The predicted octanol–water partition coefficient (Wildman–Crippen LogP) is 5.48. The molecule has 28 heavy (non-hydrogen) atoms. The molecule has 1 aliphatic rings. The molecule has 0 saturated heterocycles. The largest absolute Gasteiger partial charge is 0.437 e. The lowest BCUT2D eigenvalue weighted by molar-refractivity contribution is 0.257. The highest BCUT2D eigenvalue weighted by Gasteiger charge is 2.27. The smallest absolute Gasteiger partial charge is 0.326 e. The van der Waals surface area contributed by atoms with Crippen LogP contribution >= 0.6 is 23.2 Å². The summed E-state index contributed by atoms with van der Waals surface area (Å²) in [7, 11) is 0. The second-order valence-corrected chi connectivity index (χ2v) is 7.05. The van der Waals surface area contributed by atoms with E-state index in [0.29, 0.717) is 40.3 Å². The molecule has 2 aromatic heterocycles. The number of pyridine rings is 2. The Kier molecular flexibility index (Phi) is 5.07.